The highest BCUT2D eigenvalue weighted by atomic mass is 19.1. The predicted molar refractivity (Wildman–Crippen MR) is 141 cm³/mol. The molecule has 2 amide bonds. The van der Waals surface area contributed by atoms with Crippen molar-refractivity contribution in [3.8, 4) is 5.88 Å². The monoisotopic (exact) mass is 539 g/mol. The van der Waals surface area contributed by atoms with Crippen molar-refractivity contribution < 1.29 is 28.6 Å². The average Bonchev–Trinajstić information content (AvgIpc) is 3.55. The number of aromatic nitrogens is 1. The molecule has 11 heteroatoms. The summed E-state index contributed by atoms with van der Waals surface area (Å²) in [6.07, 6.45) is -0.171. The minimum absolute atomic E-state index is 0.0491. The number of pyridine rings is 1. The molecule has 0 saturated carbocycles. The van der Waals surface area contributed by atoms with Gasteiger partial charge in [-0.15, -0.1) is 0 Å². The molecule has 2 saturated heterocycles. The lowest BCUT2D eigenvalue weighted by Crippen LogP contribution is -2.57. The molecule has 4 atom stereocenters. The second-order valence-corrected chi connectivity index (χ2v) is 10.7. The maximum atomic E-state index is 13.8. The van der Waals surface area contributed by atoms with E-state index < -0.39 is 23.7 Å². The van der Waals surface area contributed by atoms with Crippen LogP contribution < -0.4 is 10.1 Å². The number of halogens is 1. The summed E-state index contributed by atoms with van der Waals surface area (Å²) in [7, 11) is 1.44. The highest BCUT2D eigenvalue weighted by Crippen LogP contribution is 2.36. The van der Waals surface area contributed by atoms with Crippen LogP contribution in [0.3, 0.4) is 0 Å². The van der Waals surface area contributed by atoms with E-state index in [0.717, 1.165) is 5.56 Å². The summed E-state index contributed by atoms with van der Waals surface area (Å²) in [5.74, 6) is -1.95. The van der Waals surface area contributed by atoms with E-state index in [-0.39, 0.29) is 48.3 Å². The first kappa shape index (κ1) is 27.0. The lowest BCUT2D eigenvalue weighted by Gasteiger charge is -2.44. The summed E-state index contributed by atoms with van der Waals surface area (Å²) >= 11 is 0. The van der Waals surface area contributed by atoms with Crippen molar-refractivity contribution in [2.75, 3.05) is 45.2 Å². The number of fused-ring (bicyclic) bond motifs is 1. The number of nitrogens with one attached hydrogen (secondary N) is 1. The average molecular weight is 540 g/mol. The van der Waals surface area contributed by atoms with Crippen molar-refractivity contribution in [1.29, 1.82) is 0 Å². The Hall–Kier alpha value is -3.57. The molecule has 0 bridgehead atoms. The van der Waals surface area contributed by atoms with Crippen LogP contribution in [0.25, 0.3) is 0 Å². The number of β-amino-alcohol motifs (C(OH)–C–C–N with tert-alkyl or cyclic N) is 1. The van der Waals surface area contributed by atoms with Gasteiger partial charge in [0.25, 0.3) is 11.8 Å². The molecule has 5 rings (SSSR count). The minimum atomic E-state index is -0.779. The number of Topliss-reactive ketones (excluding diaryl/α,β-unsaturated/α-hetero) is 1. The number of hydrogen-bond acceptors (Lipinski definition) is 8. The quantitative estimate of drug-likeness (QED) is 0.533. The summed E-state index contributed by atoms with van der Waals surface area (Å²) in [5.41, 5.74) is 1.74. The van der Waals surface area contributed by atoms with Gasteiger partial charge in [-0.05, 0) is 44.0 Å². The third-order valence-electron chi connectivity index (χ3n) is 7.94. The molecule has 10 nitrogen and oxygen atoms in total. The van der Waals surface area contributed by atoms with Gasteiger partial charge < -0.3 is 25.0 Å². The molecule has 1 aromatic carbocycles. The number of hydrogen-bond donors (Lipinski definition) is 2. The Balaban J connectivity index is 1.34. The van der Waals surface area contributed by atoms with Crippen molar-refractivity contribution in [2.45, 2.75) is 50.9 Å². The Morgan fingerprint density at radius 2 is 1.87 bits per heavy atom. The molecular formula is C28H34FN5O5. The molecule has 1 aromatic heterocycles. The fourth-order valence-corrected chi connectivity index (χ4v) is 5.68. The number of benzene rings is 1. The van der Waals surface area contributed by atoms with Crippen molar-refractivity contribution in [1.82, 2.24) is 19.7 Å². The number of aliphatic hydroxyl groups excluding tert-OH is 1. The van der Waals surface area contributed by atoms with Gasteiger partial charge in [0.15, 0.2) is 0 Å². The van der Waals surface area contributed by atoms with E-state index in [2.05, 4.69) is 15.2 Å². The molecule has 0 aliphatic carbocycles. The highest BCUT2D eigenvalue weighted by molar-refractivity contribution is 6.38. The number of ketones is 1. The molecule has 2 N–H and O–H groups in total. The lowest BCUT2D eigenvalue weighted by atomic mass is 9.95. The largest absolute Gasteiger partial charge is 0.480 e. The first-order valence-corrected chi connectivity index (χ1v) is 13.3. The van der Waals surface area contributed by atoms with Crippen LogP contribution in [0.1, 0.15) is 47.7 Å². The predicted octanol–water partition coefficient (Wildman–Crippen LogP) is 1.64. The van der Waals surface area contributed by atoms with Crippen LogP contribution in [0.15, 0.2) is 30.3 Å². The smallest absolute Gasteiger partial charge is 0.290 e. The molecule has 1 unspecified atom stereocenters. The van der Waals surface area contributed by atoms with Gasteiger partial charge in [-0.1, -0.05) is 12.1 Å². The Bertz CT molecular complexity index is 1270. The lowest BCUT2D eigenvalue weighted by molar-refractivity contribution is -0.144. The second-order valence-electron chi connectivity index (χ2n) is 10.7. The van der Waals surface area contributed by atoms with E-state index in [1.165, 1.54) is 24.1 Å². The molecule has 0 radical (unpaired) electrons. The van der Waals surface area contributed by atoms with Crippen molar-refractivity contribution in [2.24, 2.45) is 0 Å². The Morgan fingerprint density at radius 1 is 1.13 bits per heavy atom. The number of methoxy groups -OCH3 is 1. The van der Waals surface area contributed by atoms with Gasteiger partial charge in [0, 0.05) is 56.9 Å². The number of carbonyl (C=O) groups is 3. The number of aliphatic hydroxyl groups is 1. The number of piperazine rings is 1. The van der Waals surface area contributed by atoms with E-state index in [1.54, 1.807) is 23.1 Å². The van der Waals surface area contributed by atoms with E-state index in [0.29, 0.717) is 44.0 Å². The summed E-state index contributed by atoms with van der Waals surface area (Å²) in [5, 5.41) is 12.8. The number of likely N-dealkylation sites (tertiary alicyclic amines) is 1. The number of anilines is 1. The zero-order valence-corrected chi connectivity index (χ0v) is 22.4. The molecule has 3 aliphatic heterocycles. The van der Waals surface area contributed by atoms with E-state index in [9.17, 15) is 23.9 Å². The highest BCUT2D eigenvalue weighted by Gasteiger charge is 2.40. The standard InChI is InChI=1S/C28H34FN5O5/c1-16-13-34(17(2)12-33(16)14-18-4-6-19(29)7-5-18)27(37)22-10-21-23(11-30-25(21)31-26(22)39-3)24(36)28(38)32-9-8-20(35)15-32/h4-7,10,16-17,20,23,35H,8-9,11-15H2,1-3H3,(H,30,31)/t16-,17+,20+,23?/m0/s1. The Morgan fingerprint density at radius 3 is 2.54 bits per heavy atom. The van der Waals surface area contributed by atoms with Crippen molar-refractivity contribution in [3.05, 3.63) is 52.8 Å². The molecule has 2 aromatic rings. The fraction of sp³-hybridized carbons (Fsp3) is 0.500. The van der Waals surface area contributed by atoms with Crippen LogP contribution in [-0.4, -0.2) is 100 Å². The first-order valence-electron chi connectivity index (χ1n) is 13.3. The number of ether oxygens (including phenoxy) is 1. The maximum Gasteiger partial charge on any atom is 0.290 e. The molecule has 39 heavy (non-hydrogen) atoms. The van der Waals surface area contributed by atoms with Crippen LogP contribution in [-0.2, 0) is 16.1 Å². The maximum absolute atomic E-state index is 13.8. The van der Waals surface area contributed by atoms with E-state index >= 15 is 0 Å². The number of nitrogens with zero attached hydrogens (tertiary/aromatic N) is 4. The second kappa shape index (κ2) is 10.9. The van der Waals surface area contributed by atoms with Crippen LogP contribution in [0.4, 0.5) is 10.2 Å². The van der Waals surface area contributed by atoms with Gasteiger partial charge in [-0.3, -0.25) is 19.3 Å². The summed E-state index contributed by atoms with van der Waals surface area (Å²) < 4.78 is 18.8. The number of rotatable bonds is 6. The van der Waals surface area contributed by atoms with Gasteiger partial charge in [0.2, 0.25) is 11.7 Å². The van der Waals surface area contributed by atoms with E-state index in [1.807, 2.05) is 13.8 Å². The normalized spacial score (nSPS) is 24.8. The fourth-order valence-electron chi connectivity index (χ4n) is 5.68. The number of amides is 2. The topological polar surface area (TPSA) is 115 Å². The summed E-state index contributed by atoms with van der Waals surface area (Å²) in [4.78, 5) is 49.7. The van der Waals surface area contributed by atoms with Gasteiger partial charge in [0.05, 0.1) is 19.1 Å². The summed E-state index contributed by atoms with van der Waals surface area (Å²) in [6.45, 7) is 6.45. The third-order valence-corrected chi connectivity index (χ3v) is 7.94. The summed E-state index contributed by atoms with van der Waals surface area (Å²) in [6, 6.07) is 8.00. The zero-order chi connectivity index (χ0) is 27.8. The van der Waals surface area contributed by atoms with Gasteiger partial charge >= 0.3 is 0 Å². The SMILES string of the molecule is COc1nc2c(cc1C(=O)N1C[C@H](C)N(Cc3ccc(F)cc3)C[C@H]1C)C(C(=O)C(=O)N1CC[C@@H](O)C1)CN2. The molecule has 208 valence electrons. The van der Waals surface area contributed by atoms with Crippen molar-refractivity contribution in [3.63, 3.8) is 0 Å². The molecule has 0 spiro atoms. The minimum Gasteiger partial charge on any atom is -0.480 e. The van der Waals surface area contributed by atoms with Gasteiger partial charge in [-0.25, -0.2) is 4.39 Å². The van der Waals surface area contributed by atoms with Crippen LogP contribution in [0.2, 0.25) is 0 Å². The molecule has 3 aliphatic rings. The van der Waals surface area contributed by atoms with E-state index in [4.69, 9.17) is 4.74 Å². The molecule has 4 heterocycles. The molecular weight excluding hydrogens is 505 g/mol. The van der Waals surface area contributed by atoms with Crippen LogP contribution in [0, 0.1) is 5.82 Å². The van der Waals surface area contributed by atoms with Crippen LogP contribution >= 0.6 is 0 Å². The Kier molecular flexibility index (Phi) is 7.55. The third kappa shape index (κ3) is 5.33. The van der Waals surface area contributed by atoms with Gasteiger partial charge in [-0.2, -0.15) is 4.98 Å². The first-order chi connectivity index (χ1) is 18.7. The van der Waals surface area contributed by atoms with Gasteiger partial charge in [0.1, 0.15) is 17.2 Å². The van der Waals surface area contributed by atoms with Crippen LogP contribution in [0.5, 0.6) is 5.88 Å². The Labute approximate surface area is 226 Å². The molecule has 2 fully saturated rings. The zero-order valence-electron chi connectivity index (χ0n) is 22.4. The number of carbonyl (C=O) groups excluding carboxylic acids is 3. The van der Waals surface area contributed by atoms with Crippen molar-refractivity contribution >= 4 is 23.4 Å².